The molecule has 2 rings (SSSR count). The van der Waals surface area contributed by atoms with Gasteiger partial charge in [0.1, 0.15) is 11.6 Å². The van der Waals surface area contributed by atoms with Gasteiger partial charge in [-0.25, -0.2) is 4.98 Å². The molecule has 1 atom stereocenters. The number of nitrogens with zero attached hydrogens (tertiary/aromatic N) is 1. The van der Waals surface area contributed by atoms with Crippen LogP contribution in [0.25, 0.3) is 0 Å². The molecule has 2 aromatic rings. The van der Waals surface area contributed by atoms with Crippen molar-refractivity contribution in [1.82, 2.24) is 4.98 Å². The number of ether oxygens (including phenoxy) is 1. The van der Waals surface area contributed by atoms with Crippen LogP contribution in [0.15, 0.2) is 48.7 Å². The maximum Gasteiger partial charge on any atom is 0.266 e. The molecule has 0 radical (unpaired) electrons. The summed E-state index contributed by atoms with van der Waals surface area (Å²) in [5, 5.41) is 3.29. The van der Waals surface area contributed by atoms with Crippen LogP contribution in [0.2, 0.25) is 5.02 Å². The fraction of sp³-hybridized carbons (Fsp3) is 0.200. The third-order valence-electron chi connectivity index (χ3n) is 2.65. The molecule has 1 aromatic carbocycles. The molecule has 1 heterocycles. The number of anilines is 1. The van der Waals surface area contributed by atoms with Crippen molar-refractivity contribution in [3.05, 3.63) is 53.7 Å². The van der Waals surface area contributed by atoms with E-state index in [-0.39, 0.29) is 5.91 Å². The molecular weight excluding hydrogens is 276 g/mol. The van der Waals surface area contributed by atoms with Crippen LogP contribution in [0, 0.1) is 0 Å². The van der Waals surface area contributed by atoms with Gasteiger partial charge in [-0.3, -0.25) is 4.79 Å². The Morgan fingerprint density at radius 1 is 1.35 bits per heavy atom. The van der Waals surface area contributed by atoms with Gasteiger partial charge in [0, 0.05) is 11.2 Å². The summed E-state index contributed by atoms with van der Waals surface area (Å²) < 4.78 is 5.65. The van der Waals surface area contributed by atoms with Gasteiger partial charge in [-0.1, -0.05) is 30.7 Å². The summed E-state index contributed by atoms with van der Waals surface area (Å²) in [5.74, 6) is 0.845. The molecule has 1 aromatic heterocycles. The smallest absolute Gasteiger partial charge is 0.266 e. The number of carbonyl (C=O) groups is 1. The average molecular weight is 291 g/mol. The first-order valence-electron chi connectivity index (χ1n) is 6.33. The molecule has 0 bridgehead atoms. The third kappa shape index (κ3) is 3.96. The van der Waals surface area contributed by atoms with Crippen molar-refractivity contribution in [2.75, 3.05) is 5.32 Å². The van der Waals surface area contributed by atoms with Gasteiger partial charge >= 0.3 is 0 Å². The van der Waals surface area contributed by atoms with Crippen molar-refractivity contribution >= 4 is 23.3 Å². The molecule has 4 nitrogen and oxygen atoms in total. The molecule has 5 heteroatoms. The summed E-state index contributed by atoms with van der Waals surface area (Å²) in [7, 11) is 0. The monoisotopic (exact) mass is 290 g/mol. The number of aromatic nitrogens is 1. The van der Waals surface area contributed by atoms with Crippen LogP contribution < -0.4 is 10.1 Å². The van der Waals surface area contributed by atoms with Gasteiger partial charge in [-0.15, -0.1) is 0 Å². The van der Waals surface area contributed by atoms with E-state index >= 15 is 0 Å². The second kappa shape index (κ2) is 6.91. The topological polar surface area (TPSA) is 51.2 Å². The number of benzene rings is 1. The number of carbonyl (C=O) groups excluding carboxylic acids is 1. The molecule has 0 aliphatic heterocycles. The normalized spacial score (nSPS) is 11.7. The van der Waals surface area contributed by atoms with E-state index in [0.29, 0.717) is 23.0 Å². The maximum atomic E-state index is 12.1. The van der Waals surface area contributed by atoms with E-state index in [1.807, 2.05) is 6.92 Å². The first-order valence-corrected chi connectivity index (χ1v) is 6.71. The molecule has 0 fully saturated rings. The fourth-order valence-electron chi connectivity index (χ4n) is 1.67. The summed E-state index contributed by atoms with van der Waals surface area (Å²) >= 11 is 5.89. The zero-order valence-electron chi connectivity index (χ0n) is 11.0. The lowest BCUT2D eigenvalue weighted by Crippen LogP contribution is -2.32. The van der Waals surface area contributed by atoms with Gasteiger partial charge in [0.2, 0.25) is 0 Å². The highest BCUT2D eigenvalue weighted by atomic mass is 35.5. The number of nitrogens with one attached hydrogen (secondary N) is 1. The second-order valence-electron chi connectivity index (χ2n) is 4.18. The molecule has 0 aliphatic carbocycles. The Balaban J connectivity index is 2.02. The van der Waals surface area contributed by atoms with Crippen LogP contribution in [0.1, 0.15) is 13.3 Å². The number of amides is 1. The maximum absolute atomic E-state index is 12.1. The van der Waals surface area contributed by atoms with Gasteiger partial charge in [0.25, 0.3) is 5.91 Å². The predicted octanol–water partition coefficient (Wildman–Crippen LogP) is 3.53. The Kier molecular flexibility index (Phi) is 4.96. The Labute approximate surface area is 122 Å². The quantitative estimate of drug-likeness (QED) is 0.916. The largest absolute Gasteiger partial charge is 0.481 e. The third-order valence-corrected chi connectivity index (χ3v) is 2.89. The first kappa shape index (κ1) is 14.3. The standard InChI is InChI=1S/C15H15ClN2O2/c1-2-13(20-12-7-5-6-11(16)10-12)15(19)18-14-8-3-4-9-17-14/h3-10,13H,2H2,1H3,(H,17,18,19)/t13-/m1/s1. The van der Waals surface area contributed by atoms with Crippen molar-refractivity contribution in [3.8, 4) is 5.75 Å². The average Bonchev–Trinajstić information content (AvgIpc) is 2.46. The zero-order chi connectivity index (χ0) is 14.4. The SMILES string of the molecule is CC[C@@H](Oc1cccc(Cl)c1)C(=O)Nc1ccccn1. The minimum Gasteiger partial charge on any atom is -0.481 e. The fourth-order valence-corrected chi connectivity index (χ4v) is 1.85. The molecule has 0 saturated carbocycles. The molecule has 0 unspecified atom stereocenters. The van der Waals surface area contributed by atoms with Crippen LogP contribution >= 0.6 is 11.6 Å². The van der Waals surface area contributed by atoms with Gasteiger partial charge in [-0.05, 0) is 36.8 Å². The van der Waals surface area contributed by atoms with Gasteiger partial charge in [-0.2, -0.15) is 0 Å². The Morgan fingerprint density at radius 3 is 2.85 bits per heavy atom. The van der Waals surface area contributed by atoms with Crippen LogP contribution in [0.5, 0.6) is 5.75 Å². The van der Waals surface area contributed by atoms with Gasteiger partial charge < -0.3 is 10.1 Å². The highest BCUT2D eigenvalue weighted by Gasteiger charge is 2.18. The van der Waals surface area contributed by atoms with E-state index in [9.17, 15) is 4.79 Å². The summed E-state index contributed by atoms with van der Waals surface area (Å²) in [6.45, 7) is 1.88. The molecule has 0 spiro atoms. The van der Waals surface area contributed by atoms with Crippen LogP contribution in [0.3, 0.4) is 0 Å². The minimum atomic E-state index is -0.588. The van der Waals surface area contributed by atoms with Crippen LogP contribution in [-0.4, -0.2) is 17.0 Å². The van der Waals surface area contributed by atoms with Crippen LogP contribution in [-0.2, 0) is 4.79 Å². The van der Waals surface area contributed by atoms with E-state index in [2.05, 4.69) is 10.3 Å². The van der Waals surface area contributed by atoms with E-state index in [0.717, 1.165) is 0 Å². The lowest BCUT2D eigenvalue weighted by Gasteiger charge is -2.17. The van der Waals surface area contributed by atoms with E-state index in [1.165, 1.54) is 0 Å². The van der Waals surface area contributed by atoms with E-state index in [4.69, 9.17) is 16.3 Å². The number of pyridine rings is 1. The summed E-state index contributed by atoms with van der Waals surface area (Å²) in [6, 6.07) is 12.3. The Hall–Kier alpha value is -2.07. The molecule has 104 valence electrons. The van der Waals surface area contributed by atoms with Gasteiger partial charge in [0.05, 0.1) is 0 Å². The zero-order valence-corrected chi connectivity index (χ0v) is 11.8. The minimum absolute atomic E-state index is 0.230. The second-order valence-corrected chi connectivity index (χ2v) is 4.61. The molecule has 1 amide bonds. The summed E-state index contributed by atoms with van der Waals surface area (Å²) in [4.78, 5) is 16.2. The Morgan fingerprint density at radius 2 is 2.20 bits per heavy atom. The highest BCUT2D eigenvalue weighted by molar-refractivity contribution is 6.30. The lowest BCUT2D eigenvalue weighted by atomic mass is 10.2. The van der Waals surface area contributed by atoms with Gasteiger partial charge in [0.15, 0.2) is 6.10 Å². The van der Waals surface area contributed by atoms with Crippen molar-refractivity contribution in [3.63, 3.8) is 0 Å². The van der Waals surface area contributed by atoms with Crippen molar-refractivity contribution in [2.24, 2.45) is 0 Å². The van der Waals surface area contributed by atoms with Crippen molar-refractivity contribution < 1.29 is 9.53 Å². The first-order chi connectivity index (χ1) is 9.69. The molecule has 1 N–H and O–H groups in total. The van der Waals surface area contributed by atoms with E-state index < -0.39 is 6.10 Å². The number of hydrogen-bond acceptors (Lipinski definition) is 3. The Bertz CT molecular complexity index is 575. The molecule has 0 aliphatic rings. The molecule has 0 saturated heterocycles. The number of halogens is 1. The summed E-state index contributed by atoms with van der Waals surface area (Å²) in [5.41, 5.74) is 0. The van der Waals surface area contributed by atoms with Crippen molar-refractivity contribution in [2.45, 2.75) is 19.4 Å². The number of hydrogen-bond donors (Lipinski definition) is 1. The highest BCUT2D eigenvalue weighted by Crippen LogP contribution is 2.19. The van der Waals surface area contributed by atoms with Crippen LogP contribution in [0.4, 0.5) is 5.82 Å². The summed E-state index contributed by atoms with van der Waals surface area (Å²) in [6.07, 6.45) is 1.58. The molecular formula is C15H15ClN2O2. The predicted molar refractivity (Wildman–Crippen MR) is 79.0 cm³/mol. The van der Waals surface area contributed by atoms with E-state index in [1.54, 1.807) is 48.7 Å². The molecule has 20 heavy (non-hydrogen) atoms. The number of rotatable bonds is 5. The van der Waals surface area contributed by atoms with Crippen molar-refractivity contribution in [1.29, 1.82) is 0 Å². The lowest BCUT2D eigenvalue weighted by molar-refractivity contribution is -0.122.